The van der Waals surface area contributed by atoms with Crippen molar-refractivity contribution < 1.29 is 24.5 Å². The van der Waals surface area contributed by atoms with Crippen LogP contribution in [-0.2, 0) is 14.3 Å². The Labute approximate surface area is 105 Å². The minimum absolute atomic E-state index is 0.142. The maximum Gasteiger partial charge on any atom is 0.333 e. The van der Waals surface area contributed by atoms with E-state index in [-0.39, 0.29) is 23.6 Å². The van der Waals surface area contributed by atoms with Gasteiger partial charge in [-0.2, -0.15) is 0 Å². The predicted octanol–water partition coefficient (Wildman–Crippen LogP) is 1.60. The molecule has 1 aliphatic heterocycles. The largest absolute Gasteiger partial charge is 0.508 e. The third-order valence-electron chi connectivity index (χ3n) is 2.00. The van der Waals surface area contributed by atoms with Crippen molar-refractivity contribution in [1.82, 2.24) is 0 Å². The first-order chi connectivity index (χ1) is 8.49. The van der Waals surface area contributed by atoms with Gasteiger partial charge in [0.25, 0.3) is 0 Å². The summed E-state index contributed by atoms with van der Waals surface area (Å²) in [5.41, 5.74) is 0.431. The number of carbonyl (C=O) groups is 1. The van der Waals surface area contributed by atoms with Crippen molar-refractivity contribution in [3.63, 3.8) is 0 Å². The van der Waals surface area contributed by atoms with Gasteiger partial charge in [-0.05, 0) is 31.2 Å². The molecule has 0 radical (unpaired) electrons. The molecular formula is C13H16O5. The summed E-state index contributed by atoms with van der Waals surface area (Å²) in [5, 5.41) is 17.3. The van der Waals surface area contributed by atoms with Gasteiger partial charge in [0.2, 0.25) is 0 Å². The normalized spacial score (nSPS) is 16.2. The first-order valence-corrected chi connectivity index (χ1v) is 5.41. The molecule has 98 valence electrons. The number of phenols is 2. The van der Waals surface area contributed by atoms with E-state index in [0.717, 1.165) is 0 Å². The van der Waals surface area contributed by atoms with Gasteiger partial charge in [-0.15, -0.1) is 0 Å². The van der Waals surface area contributed by atoms with Gasteiger partial charge in [0, 0.05) is 5.57 Å². The van der Waals surface area contributed by atoms with E-state index in [1.54, 1.807) is 6.92 Å². The molecule has 0 bridgehead atoms. The van der Waals surface area contributed by atoms with E-state index in [2.05, 4.69) is 6.58 Å². The lowest BCUT2D eigenvalue weighted by Crippen LogP contribution is -2.09. The summed E-state index contributed by atoms with van der Waals surface area (Å²) in [6, 6.07) is 5.70. The number of ether oxygens (including phenoxy) is 2. The number of aromatic hydroxyl groups is 2. The molecule has 2 N–H and O–H groups in total. The van der Waals surface area contributed by atoms with Crippen LogP contribution in [-0.4, -0.2) is 35.5 Å². The van der Waals surface area contributed by atoms with Crippen LogP contribution in [0.5, 0.6) is 11.5 Å². The van der Waals surface area contributed by atoms with E-state index in [1.165, 1.54) is 24.3 Å². The van der Waals surface area contributed by atoms with Crippen molar-refractivity contribution in [2.45, 2.75) is 13.0 Å². The molecule has 0 aromatic heterocycles. The van der Waals surface area contributed by atoms with Gasteiger partial charge in [0.15, 0.2) is 0 Å². The molecule has 2 rings (SSSR count). The minimum Gasteiger partial charge on any atom is -0.508 e. The molecule has 1 unspecified atom stereocenters. The quantitative estimate of drug-likeness (QED) is 0.370. The summed E-state index contributed by atoms with van der Waals surface area (Å²) in [6.07, 6.45) is 0.142. The highest BCUT2D eigenvalue weighted by atomic mass is 16.6. The van der Waals surface area contributed by atoms with Crippen LogP contribution >= 0.6 is 0 Å². The Hall–Kier alpha value is -2.01. The molecule has 5 heteroatoms. The number of carbonyl (C=O) groups excluding carboxylic acids is 1. The smallest absolute Gasteiger partial charge is 0.333 e. The number of rotatable bonds is 3. The second-order valence-electron chi connectivity index (χ2n) is 3.85. The first kappa shape index (κ1) is 14.1. The summed E-state index contributed by atoms with van der Waals surface area (Å²) >= 11 is 0. The van der Waals surface area contributed by atoms with E-state index in [4.69, 9.17) is 19.7 Å². The highest BCUT2D eigenvalue weighted by Gasteiger charge is 2.24. The molecule has 1 atom stereocenters. The Morgan fingerprint density at radius 3 is 2.17 bits per heavy atom. The molecule has 5 nitrogen and oxygen atoms in total. The molecule has 1 fully saturated rings. The van der Waals surface area contributed by atoms with E-state index >= 15 is 0 Å². The maximum atomic E-state index is 10.7. The molecule has 0 aliphatic carbocycles. The maximum absolute atomic E-state index is 10.7. The van der Waals surface area contributed by atoms with Gasteiger partial charge in [-0.25, -0.2) is 4.79 Å². The topological polar surface area (TPSA) is 79.3 Å². The minimum atomic E-state index is -0.337. The molecule has 0 saturated carbocycles. The molecule has 18 heavy (non-hydrogen) atoms. The number of benzene rings is 1. The van der Waals surface area contributed by atoms with Crippen LogP contribution in [0, 0.1) is 0 Å². The number of hydrogen-bond donors (Lipinski definition) is 2. The summed E-state index contributed by atoms with van der Waals surface area (Å²) in [5.74, 6) is 0.00102. The standard InChI is InChI=1S/C7H10O3.C6H6O2/c1-5(2)7(8)10-4-6-3-9-6;7-5-1-2-6(8)4-3-5/h6H,1,3-4H2,2H3;1-4,7-8H. The molecule has 1 aromatic rings. The Morgan fingerprint density at radius 1 is 1.39 bits per heavy atom. The lowest BCUT2D eigenvalue weighted by Gasteiger charge is -1.99. The summed E-state index contributed by atoms with van der Waals surface area (Å²) in [6.45, 7) is 6.14. The summed E-state index contributed by atoms with van der Waals surface area (Å²) in [7, 11) is 0. The summed E-state index contributed by atoms with van der Waals surface area (Å²) < 4.78 is 9.60. The zero-order chi connectivity index (χ0) is 13.5. The lowest BCUT2D eigenvalue weighted by molar-refractivity contribution is -0.139. The van der Waals surface area contributed by atoms with Gasteiger partial charge in [-0.3, -0.25) is 0 Å². The van der Waals surface area contributed by atoms with Crippen LogP contribution in [0.3, 0.4) is 0 Å². The van der Waals surface area contributed by atoms with Gasteiger partial charge < -0.3 is 19.7 Å². The number of esters is 1. The second-order valence-corrected chi connectivity index (χ2v) is 3.85. The van der Waals surface area contributed by atoms with E-state index < -0.39 is 0 Å². The average Bonchev–Trinajstić information content (AvgIpc) is 3.14. The van der Waals surface area contributed by atoms with Crippen molar-refractivity contribution in [2.75, 3.05) is 13.2 Å². The average molecular weight is 252 g/mol. The molecular weight excluding hydrogens is 236 g/mol. The Morgan fingerprint density at radius 2 is 1.83 bits per heavy atom. The number of phenolic OH excluding ortho intramolecular Hbond substituents is 2. The monoisotopic (exact) mass is 252 g/mol. The van der Waals surface area contributed by atoms with Crippen LogP contribution < -0.4 is 0 Å². The van der Waals surface area contributed by atoms with Crippen LogP contribution in [0.25, 0.3) is 0 Å². The van der Waals surface area contributed by atoms with Crippen LogP contribution in [0.1, 0.15) is 6.92 Å². The van der Waals surface area contributed by atoms with Gasteiger partial charge >= 0.3 is 5.97 Å². The summed E-state index contributed by atoms with van der Waals surface area (Å²) in [4.78, 5) is 10.7. The van der Waals surface area contributed by atoms with E-state index in [1.807, 2.05) is 0 Å². The highest BCUT2D eigenvalue weighted by molar-refractivity contribution is 5.86. The van der Waals surface area contributed by atoms with E-state index in [9.17, 15) is 4.79 Å². The predicted molar refractivity (Wildman–Crippen MR) is 65.3 cm³/mol. The fraction of sp³-hybridized carbons (Fsp3) is 0.308. The molecule has 1 saturated heterocycles. The van der Waals surface area contributed by atoms with Crippen molar-refractivity contribution in [2.24, 2.45) is 0 Å². The highest BCUT2D eigenvalue weighted by Crippen LogP contribution is 2.13. The van der Waals surface area contributed by atoms with E-state index in [0.29, 0.717) is 18.8 Å². The third kappa shape index (κ3) is 5.91. The Balaban J connectivity index is 0.000000184. The zero-order valence-electron chi connectivity index (χ0n) is 10.1. The fourth-order valence-corrected chi connectivity index (χ4v) is 0.909. The van der Waals surface area contributed by atoms with Gasteiger partial charge in [0.1, 0.15) is 24.2 Å². The zero-order valence-corrected chi connectivity index (χ0v) is 10.1. The Bertz CT molecular complexity index is 385. The Kier molecular flexibility index (Phi) is 5.20. The van der Waals surface area contributed by atoms with Gasteiger partial charge in [-0.1, -0.05) is 6.58 Å². The van der Waals surface area contributed by atoms with Crippen LogP contribution in [0.15, 0.2) is 36.4 Å². The lowest BCUT2D eigenvalue weighted by atomic mass is 10.3. The first-order valence-electron chi connectivity index (χ1n) is 5.41. The number of epoxide rings is 1. The third-order valence-corrected chi connectivity index (χ3v) is 2.00. The SMILES string of the molecule is C=C(C)C(=O)OCC1CO1.Oc1ccc(O)cc1. The molecule has 1 aromatic carbocycles. The fourth-order valence-electron chi connectivity index (χ4n) is 0.909. The van der Waals surface area contributed by atoms with Crippen LogP contribution in [0.4, 0.5) is 0 Å². The van der Waals surface area contributed by atoms with Crippen LogP contribution in [0.2, 0.25) is 0 Å². The second kappa shape index (κ2) is 6.66. The number of hydrogen-bond acceptors (Lipinski definition) is 5. The van der Waals surface area contributed by atoms with Gasteiger partial charge in [0.05, 0.1) is 6.61 Å². The van der Waals surface area contributed by atoms with Crippen molar-refractivity contribution >= 4 is 5.97 Å². The molecule has 0 spiro atoms. The molecule has 1 aliphatic rings. The molecule has 1 heterocycles. The molecule has 0 amide bonds. The van der Waals surface area contributed by atoms with Crippen molar-refractivity contribution in [1.29, 1.82) is 0 Å². The van der Waals surface area contributed by atoms with Crippen molar-refractivity contribution in [3.05, 3.63) is 36.4 Å². The van der Waals surface area contributed by atoms with Crippen molar-refractivity contribution in [3.8, 4) is 11.5 Å².